The van der Waals surface area contributed by atoms with E-state index in [1.54, 1.807) is 12.0 Å². The van der Waals surface area contributed by atoms with Gasteiger partial charge in [-0.25, -0.2) is 0 Å². The van der Waals surface area contributed by atoms with E-state index in [2.05, 4.69) is 15.1 Å². The van der Waals surface area contributed by atoms with E-state index in [1.807, 2.05) is 0 Å². The van der Waals surface area contributed by atoms with Crippen LogP contribution in [-0.2, 0) is 14.3 Å². The highest BCUT2D eigenvalue weighted by atomic mass is 16.5. The van der Waals surface area contributed by atoms with E-state index in [-0.39, 0.29) is 24.4 Å². The molecule has 7 heteroatoms. The maximum absolute atomic E-state index is 12.0. The van der Waals surface area contributed by atoms with Crippen LogP contribution in [0.1, 0.15) is 12.8 Å². The van der Waals surface area contributed by atoms with Gasteiger partial charge in [0.25, 0.3) is 0 Å². The number of fused-ring (bicyclic) bond motifs is 1. The van der Waals surface area contributed by atoms with Gasteiger partial charge in [-0.3, -0.25) is 14.5 Å². The molecule has 0 bridgehead atoms. The second-order valence-corrected chi connectivity index (χ2v) is 6.86. The zero-order valence-corrected chi connectivity index (χ0v) is 14.0. The van der Waals surface area contributed by atoms with Crippen molar-refractivity contribution < 1.29 is 14.3 Å². The standard InChI is InChI=1S/C16H28N4O3/c1-23-9-8-18-4-2-13(3-5-18)11-19-6-7-20-14(12-19)16(22)17-10-15(20)21/h13-14H,2-12H2,1H3,(H,17,22). The highest BCUT2D eigenvalue weighted by molar-refractivity contribution is 5.95. The van der Waals surface area contributed by atoms with Crippen LogP contribution in [0.15, 0.2) is 0 Å². The molecule has 3 heterocycles. The normalized spacial score (nSPS) is 27.9. The van der Waals surface area contributed by atoms with Gasteiger partial charge in [-0.2, -0.15) is 0 Å². The third kappa shape index (κ3) is 4.02. The Morgan fingerprint density at radius 1 is 1.13 bits per heavy atom. The van der Waals surface area contributed by atoms with Crippen molar-refractivity contribution in [1.29, 1.82) is 0 Å². The minimum atomic E-state index is -0.285. The van der Waals surface area contributed by atoms with Crippen molar-refractivity contribution >= 4 is 11.8 Å². The fraction of sp³-hybridized carbons (Fsp3) is 0.875. The Hall–Kier alpha value is -1.18. The molecule has 7 nitrogen and oxygen atoms in total. The molecule has 130 valence electrons. The lowest BCUT2D eigenvalue weighted by Gasteiger charge is -2.44. The smallest absolute Gasteiger partial charge is 0.244 e. The number of methoxy groups -OCH3 is 1. The van der Waals surface area contributed by atoms with Gasteiger partial charge in [0.1, 0.15) is 6.04 Å². The lowest BCUT2D eigenvalue weighted by molar-refractivity contribution is -0.149. The summed E-state index contributed by atoms with van der Waals surface area (Å²) in [6.07, 6.45) is 2.42. The van der Waals surface area contributed by atoms with Crippen LogP contribution in [0.2, 0.25) is 0 Å². The Morgan fingerprint density at radius 2 is 1.91 bits per heavy atom. The molecule has 1 unspecified atom stereocenters. The summed E-state index contributed by atoms with van der Waals surface area (Å²) in [5.41, 5.74) is 0. The Labute approximate surface area is 137 Å². The molecule has 23 heavy (non-hydrogen) atoms. The number of hydrogen-bond acceptors (Lipinski definition) is 5. The van der Waals surface area contributed by atoms with Crippen molar-refractivity contribution in [2.45, 2.75) is 18.9 Å². The number of nitrogens with one attached hydrogen (secondary N) is 1. The number of ether oxygens (including phenoxy) is 1. The van der Waals surface area contributed by atoms with Crippen LogP contribution in [0.4, 0.5) is 0 Å². The lowest BCUT2D eigenvalue weighted by atomic mass is 9.95. The molecule has 3 rings (SSSR count). The molecule has 0 aromatic carbocycles. The summed E-state index contributed by atoms with van der Waals surface area (Å²) < 4.78 is 5.14. The van der Waals surface area contributed by atoms with E-state index in [1.165, 1.54) is 12.8 Å². The molecule has 1 atom stereocenters. The third-order valence-corrected chi connectivity index (χ3v) is 5.34. The van der Waals surface area contributed by atoms with Crippen molar-refractivity contribution in [2.24, 2.45) is 5.92 Å². The van der Waals surface area contributed by atoms with E-state index in [0.717, 1.165) is 39.3 Å². The first-order valence-corrected chi connectivity index (χ1v) is 8.68. The van der Waals surface area contributed by atoms with E-state index < -0.39 is 0 Å². The van der Waals surface area contributed by atoms with E-state index >= 15 is 0 Å². The Kier molecular flexibility index (Phi) is 5.50. The van der Waals surface area contributed by atoms with Crippen LogP contribution in [0.5, 0.6) is 0 Å². The summed E-state index contributed by atoms with van der Waals surface area (Å²) in [6, 6.07) is -0.285. The average Bonchev–Trinajstić information content (AvgIpc) is 2.58. The maximum atomic E-state index is 12.0. The van der Waals surface area contributed by atoms with Crippen LogP contribution in [0, 0.1) is 5.92 Å². The lowest BCUT2D eigenvalue weighted by Crippen LogP contribution is -2.66. The van der Waals surface area contributed by atoms with Gasteiger partial charge >= 0.3 is 0 Å². The van der Waals surface area contributed by atoms with Gasteiger partial charge in [0, 0.05) is 39.8 Å². The predicted molar refractivity (Wildman–Crippen MR) is 86.0 cm³/mol. The summed E-state index contributed by atoms with van der Waals surface area (Å²) in [6.45, 7) is 7.56. The second kappa shape index (κ2) is 7.59. The SMILES string of the molecule is COCCN1CCC(CN2CCN3C(=O)CNC(=O)C3C2)CC1. The highest BCUT2D eigenvalue weighted by Crippen LogP contribution is 2.21. The van der Waals surface area contributed by atoms with Crippen molar-refractivity contribution in [3.05, 3.63) is 0 Å². The van der Waals surface area contributed by atoms with Crippen LogP contribution in [-0.4, -0.2) is 98.6 Å². The largest absolute Gasteiger partial charge is 0.383 e. The summed E-state index contributed by atoms with van der Waals surface area (Å²) in [5.74, 6) is 0.757. The fourth-order valence-electron chi connectivity index (χ4n) is 3.89. The van der Waals surface area contributed by atoms with Gasteiger partial charge in [-0.15, -0.1) is 0 Å². The Balaban J connectivity index is 1.45. The quantitative estimate of drug-likeness (QED) is 0.702. The summed E-state index contributed by atoms with van der Waals surface area (Å²) >= 11 is 0. The summed E-state index contributed by atoms with van der Waals surface area (Å²) in [4.78, 5) is 30.5. The number of nitrogens with zero attached hydrogens (tertiary/aromatic N) is 3. The minimum Gasteiger partial charge on any atom is -0.383 e. The van der Waals surface area contributed by atoms with E-state index in [9.17, 15) is 9.59 Å². The van der Waals surface area contributed by atoms with Gasteiger partial charge in [0.05, 0.1) is 13.2 Å². The third-order valence-electron chi connectivity index (χ3n) is 5.34. The molecular weight excluding hydrogens is 296 g/mol. The Morgan fingerprint density at radius 3 is 2.65 bits per heavy atom. The number of amides is 2. The first-order chi connectivity index (χ1) is 11.2. The molecule has 0 aromatic heterocycles. The molecule has 1 N–H and O–H groups in total. The first-order valence-electron chi connectivity index (χ1n) is 8.68. The number of piperidine rings is 1. The molecule has 2 amide bonds. The maximum Gasteiger partial charge on any atom is 0.244 e. The van der Waals surface area contributed by atoms with Crippen molar-refractivity contribution in [2.75, 3.05) is 66.1 Å². The molecular formula is C16H28N4O3. The molecule has 3 aliphatic rings. The number of piperazine rings is 2. The number of rotatable bonds is 5. The van der Waals surface area contributed by atoms with Crippen molar-refractivity contribution in [1.82, 2.24) is 20.0 Å². The monoisotopic (exact) mass is 324 g/mol. The van der Waals surface area contributed by atoms with Gasteiger partial charge in [0.2, 0.25) is 11.8 Å². The molecule has 3 fully saturated rings. The van der Waals surface area contributed by atoms with Crippen LogP contribution < -0.4 is 5.32 Å². The first kappa shape index (κ1) is 16.7. The van der Waals surface area contributed by atoms with Crippen molar-refractivity contribution in [3.63, 3.8) is 0 Å². The number of carbonyl (C=O) groups excluding carboxylic acids is 2. The van der Waals surface area contributed by atoms with Gasteiger partial charge in [0.15, 0.2) is 0 Å². The van der Waals surface area contributed by atoms with Gasteiger partial charge in [-0.05, 0) is 31.8 Å². The molecule has 0 aliphatic carbocycles. The number of likely N-dealkylation sites (tertiary alicyclic amines) is 1. The van der Waals surface area contributed by atoms with E-state index in [4.69, 9.17) is 4.74 Å². The fourth-order valence-corrected chi connectivity index (χ4v) is 3.89. The topological polar surface area (TPSA) is 65.1 Å². The number of hydrogen-bond donors (Lipinski definition) is 1. The molecule has 3 aliphatic heterocycles. The highest BCUT2D eigenvalue weighted by Gasteiger charge is 2.39. The summed E-state index contributed by atoms with van der Waals surface area (Å²) in [5, 5.41) is 2.71. The number of carbonyl (C=O) groups is 2. The van der Waals surface area contributed by atoms with Gasteiger partial charge in [-0.1, -0.05) is 0 Å². The molecule has 3 saturated heterocycles. The molecule has 0 radical (unpaired) electrons. The zero-order chi connectivity index (χ0) is 16.2. The van der Waals surface area contributed by atoms with Gasteiger partial charge < -0.3 is 19.9 Å². The Bertz CT molecular complexity index is 437. The van der Waals surface area contributed by atoms with Crippen LogP contribution >= 0.6 is 0 Å². The summed E-state index contributed by atoms with van der Waals surface area (Å²) in [7, 11) is 1.75. The zero-order valence-electron chi connectivity index (χ0n) is 14.0. The second-order valence-electron chi connectivity index (χ2n) is 6.86. The minimum absolute atomic E-state index is 0.00341. The predicted octanol–water partition coefficient (Wildman–Crippen LogP) is -1.01. The molecule has 0 aromatic rings. The molecule has 0 spiro atoms. The molecule has 0 saturated carbocycles. The van der Waals surface area contributed by atoms with Crippen LogP contribution in [0.25, 0.3) is 0 Å². The average molecular weight is 324 g/mol. The van der Waals surface area contributed by atoms with Crippen LogP contribution in [0.3, 0.4) is 0 Å². The van der Waals surface area contributed by atoms with E-state index in [0.29, 0.717) is 19.0 Å². The van der Waals surface area contributed by atoms with Crippen molar-refractivity contribution in [3.8, 4) is 0 Å².